The van der Waals surface area contributed by atoms with Crippen molar-refractivity contribution in [2.45, 2.75) is 134 Å². The molecule has 0 heterocycles. The number of rotatable bonds is 25. The molecule has 0 amide bonds. The number of unbranched alkanes of at least 4 members (excludes halogenated alkanes) is 15. The van der Waals surface area contributed by atoms with Gasteiger partial charge in [0.2, 0.25) is 0 Å². The summed E-state index contributed by atoms with van der Waals surface area (Å²) in [5.41, 5.74) is 0. The normalized spacial score (nSPS) is 12.6. The van der Waals surface area contributed by atoms with Crippen LogP contribution in [0.15, 0.2) is 12.2 Å². The van der Waals surface area contributed by atoms with Gasteiger partial charge in [-0.1, -0.05) is 89.2 Å². The van der Waals surface area contributed by atoms with E-state index in [0.29, 0.717) is 19.1 Å². The topological polar surface area (TPSA) is 167 Å². The van der Waals surface area contributed by atoms with Crippen molar-refractivity contribution in [3.05, 3.63) is 42.5 Å². The average molecular weight is 502 g/mol. The van der Waals surface area contributed by atoms with Crippen molar-refractivity contribution in [2.24, 2.45) is 0 Å². The van der Waals surface area contributed by atoms with Crippen molar-refractivity contribution >= 4 is 6.29 Å². The molecule has 0 bridgehead atoms. The van der Waals surface area contributed by atoms with Gasteiger partial charge in [0, 0.05) is 0 Å². The summed E-state index contributed by atoms with van der Waals surface area (Å²) in [7, 11) is 0. The molecule has 0 saturated heterocycles. The third kappa shape index (κ3) is 15.2. The number of carbonyl (C=O) groups excluding carboxylic acids is 1. The number of nitrogens with zero attached hydrogens (tertiary/aromatic N) is 3. The van der Waals surface area contributed by atoms with Crippen LogP contribution >= 0.6 is 0 Å². The number of aldehydes is 1. The molecule has 1 atom stereocenters. The summed E-state index contributed by atoms with van der Waals surface area (Å²) in [6.45, 7) is 0. The molecule has 0 aliphatic heterocycles. The van der Waals surface area contributed by atoms with Crippen LogP contribution in [-0.2, 0) is 4.79 Å². The first-order valence-electron chi connectivity index (χ1n) is 13.0. The van der Waals surface area contributed by atoms with E-state index in [4.69, 9.17) is 5.11 Å². The predicted molar refractivity (Wildman–Crippen MR) is 133 cm³/mol. The van der Waals surface area contributed by atoms with Gasteiger partial charge in [-0.2, -0.15) is 0 Å². The maximum absolute atomic E-state index is 10.9. The zero-order valence-electron chi connectivity index (χ0n) is 20.9. The van der Waals surface area contributed by atoms with E-state index in [-0.39, 0.29) is 6.42 Å². The highest BCUT2D eigenvalue weighted by molar-refractivity contribution is 5.55. The van der Waals surface area contributed by atoms with Crippen molar-refractivity contribution in [2.75, 3.05) is 0 Å². The van der Waals surface area contributed by atoms with Gasteiger partial charge in [-0.15, -0.1) is 0 Å². The van der Waals surface area contributed by atoms with E-state index in [0.717, 1.165) is 44.9 Å². The number of aliphatic hydroxyl groups is 1. The van der Waals surface area contributed by atoms with Gasteiger partial charge in [-0.25, -0.2) is 0 Å². The molecule has 1 unspecified atom stereocenters. The molecule has 0 aliphatic rings. The summed E-state index contributed by atoms with van der Waals surface area (Å²) < 4.78 is 0. The Bertz CT molecular complexity index is 606. The summed E-state index contributed by atoms with van der Waals surface area (Å²) in [4.78, 5) is 38.7. The lowest BCUT2D eigenvalue weighted by Crippen LogP contribution is -2.53. The number of hydrogen-bond acceptors (Lipinski definition) is 8. The van der Waals surface area contributed by atoms with Gasteiger partial charge >= 0.3 is 5.79 Å². The van der Waals surface area contributed by atoms with E-state index >= 15 is 0 Å². The van der Waals surface area contributed by atoms with Crippen LogP contribution in [0.3, 0.4) is 0 Å². The van der Waals surface area contributed by atoms with Crippen LogP contribution in [0, 0.1) is 30.3 Å². The zero-order chi connectivity index (χ0) is 26.4. The van der Waals surface area contributed by atoms with Crippen LogP contribution in [-0.4, -0.2) is 38.1 Å². The van der Waals surface area contributed by atoms with Gasteiger partial charge in [-0.3, -0.25) is 30.3 Å². The molecule has 202 valence electrons. The van der Waals surface area contributed by atoms with Gasteiger partial charge in [0.1, 0.15) is 12.4 Å². The Balaban J connectivity index is 3.51. The molecule has 0 radical (unpaired) electrons. The zero-order valence-corrected chi connectivity index (χ0v) is 20.9. The Labute approximate surface area is 207 Å². The first-order valence-corrected chi connectivity index (χ1v) is 13.0. The van der Waals surface area contributed by atoms with Gasteiger partial charge in [0.15, 0.2) is 21.2 Å². The summed E-state index contributed by atoms with van der Waals surface area (Å²) in [6.07, 6.45) is 21.0. The van der Waals surface area contributed by atoms with Crippen molar-refractivity contribution in [1.29, 1.82) is 0 Å². The summed E-state index contributed by atoms with van der Waals surface area (Å²) >= 11 is 0. The van der Waals surface area contributed by atoms with Gasteiger partial charge in [0.05, 0.1) is 0 Å². The highest BCUT2D eigenvalue weighted by Crippen LogP contribution is 2.21. The Morgan fingerprint density at radius 1 is 0.600 bits per heavy atom. The molecule has 1 N–H and O–H groups in total. The second-order valence-corrected chi connectivity index (χ2v) is 9.14. The van der Waals surface area contributed by atoms with E-state index in [2.05, 4.69) is 12.2 Å². The third-order valence-electron chi connectivity index (χ3n) is 6.20. The molecule has 0 aliphatic carbocycles. The molecule has 0 spiro atoms. The fraction of sp³-hybridized carbons (Fsp3) is 0.875. The van der Waals surface area contributed by atoms with Crippen molar-refractivity contribution in [3.8, 4) is 0 Å². The van der Waals surface area contributed by atoms with Gasteiger partial charge < -0.3 is 9.90 Å². The Morgan fingerprint density at radius 3 is 1.31 bits per heavy atom. The fourth-order valence-electron chi connectivity index (χ4n) is 3.96. The quantitative estimate of drug-likeness (QED) is 0.0397. The molecule has 0 aromatic carbocycles. The maximum atomic E-state index is 10.9. The second kappa shape index (κ2) is 20.9. The molecule has 11 heteroatoms. The standard InChI is InChI=1S/C24H43N3O8/c28-22-23(29)20-18-16-14-12-10-8-6-4-2-1-3-5-7-9-11-13-15-17-19-21-24(25(30)31,26(32)33)27(34)35/h5,7,22-23,29H,1-4,6,8-21H2. The Hall–Kier alpha value is -2.43. The van der Waals surface area contributed by atoms with E-state index in [1.54, 1.807) is 0 Å². The highest BCUT2D eigenvalue weighted by Gasteiger charge is 2.69. The molecular weight excluding hydrogens is 458 g/mol. The third-order valence-corrected chi connectivity index (χ3v) is 6.20. The number of hydrogen-bond donors (Lipinski definition) is 1. The maximum Gasteiger partial charge on any atom is 0.699 e. The molecule has 35 heavy (non-hydrogen) atoms. The molecule has 0 aromatic heterocycles. The second-order valence-electron chi connectivity index (χ2n) is 9.14. The average Bonchev–Trinajstić information content (AvgIpc) is 2.81. The van der Waals surface area contributed by atoms with E-state index in [1.165, 1.54) is 51.4 Å². The highest BCUT2D eigenvalue weighted by atomic mass is 16.7. The largest absolute Gasteiger partial charge is 0.699 e. The fourth-order valence-corrected chi connectivity index (χ4v) is 3.96. The number of allylic oxidation sites excluding steroid dienone is 2. The minimum atomic E-state index is -3.33. The predicted octanol–water partition coefficient (Wildman–Crippen LogP) is 6.00. The number of nitro groups is 3. The van der Waals surface area contributed by atoms with E-state index in [9.17, 15) is 35.1 Å². The minimum absolute atomic E-state index is 0.0757. The van der Waals surface area contributed by atoms with Crippen LogP contribution in [0.1, 0.15) is 122 Å². The molecule has 0 rings (SSSR count). The Kier molecular flexibility index (Phi) is 19.5. The summed E-state index contributed by atoms with van der Waals surface area (Å²) in [5.74, 6) is -3.33. The monoisotopic (exact) mass is 501 g/mol. The molecular formula is C24H43N3O8. The van der Waals surface area contributed by atoms with Crippen LogP contribution in [0.25, 0.3) is 0 Å². The lowest BCUT2D eigenvalue weighted by atomic mass is 10.0. The lowest BCUT2D eigenvalue weighted by molar-refractivity contribution is -0.970. The molecule has 0 fully saturated rings. The van der Waals surface area contributed by atoms with Crippen LogP contribution in [0.5, 0.6) is 0 Å². The molecule has 0 saturated carbocycles. The molecule has 0 aromatic rings. The molecule has 11 nitrogen and oxygen atoms in total. The number of carbonyl (C=O) groups is 1. The number of aliphatic hydroxyl groups excluding tert-OH is 1. The van der Waals surface area contributed by atoms with Crippen molar-refractivity contribution in [3.63, 3.8) is 0 Å². The van der Waals surface area contributed by atoms with Crippen molar-refractivity contribution < 1.29 is 24.7 Å². The van der Waals surface area contributed by atoms with Crippen LogP contribution < -0.4 is 0 Å². The van der Waals surface area contributed by atoms with E-state index < -0.39 is 33.1 Å². The van der Waals surface area contributed by atoms with E-state index in [1.807, 2.05) is 0 Å². The lowest BCUT2D eigenvalue weighted by Gasteiger charge is -2.08. The van der Waals surface area contributed by atoms with Crippen molar-refractivity contribution in [1.82, 2.24) is 0 Å². The smallest absolute Gasteiger partial charge is 0.386 e. The van der Waals surface area contributed by atoms with Gasteiger partial charge in [-0.05, 0) is 38.5 Å². The van der Waals surface area contributed by atoms with Crippen LogP contribution in [0.4, 0.5) is 0 Å². The minimum Gasteiger partial charge on any atom is -0.386 e. The summed E-state index contributed by atoms with van der Waals surface area (Å²) in [5, 5.41) is 41.7. The van der Waals surface area contributed by atoms with Crippen LogP contribution in [0.2, 0.25) is 0 Å². The SMILES string of the molecule is O=CC(O)CCCCCCCCCCCCC=CCCCCCCCC([N+](=O)[O-])([N+](=O)[O-])[N+](=O)[O-]. The Morgan fingerprint density at radius 2 is 0.943 bits per heavy atom. The first kappa shape index (κ1) is 32.6. The van der Waals surface area contributed by atoms with Gasteiger partial charge in [0.25, 0.3) is 0 Å². The first-order chi connectivity index (χ1) is 16.8. The summed E-state index contributed by atoms with van der Waals surface area (Å²) in [6, 6.07) is 0.